The number of carboxylic acids is 1. The minimum Gasteiger partial charge on any atom is -0.491 e. The highest BCUT2D eigenvalue weighted by molar-refractivity contribution is 5.87. The molecule has 160 valence electrons. The van der Waals surface area contributed by atoms with Crippen LogP contribution in [-0.2, 0) is 0 Å². The summed E-state index contributed by atoms with van der Waals surface area (Å²) in [6.07, 6.45) is 17.5. The third-order valence-electron chi connectivity index (χ3n) is 5.18. The van der Waals surface area contributed by atoms with Crippen molar-refractivity contribution >= 4 is 5.97 Å². The van der Waals surface area contributed by atoms with Crippen molar-refractivity contribution in [1.82, 2.24) is 0 Å². The minimum atomic E-state index is -0.950. The van der Waals surface area contributed by atoms with Crippen LogP contribution in [-0.4, -0.2) is 28.9 Å². The normalized spacial score (nSPS) is 12.1. The predicted molar refractivity (Wildman–Crippen MR) is 115 cm³/mol. The molecular weight excluding hydrogens is 352 g/mol. The molecule has 1 aromatic rings. The van der Waals surface area contributed by atoms with E-state index >= 15 is 0 Å². The summed E-state index contributed by atoms with van der Waals surface area (Å²) < 4.78 is 5.52. The molecule has 0 aliphatic carbocycles. The molecule has 0 saturated heterocycles. The second kappa shape index (κ2) is 16.4. The SMILES string of the molecule is CCCCCCCCCCCCCCCC(O)COc1ccc(C(=O)O)cc1. The summed E-state index contributed by atoms with van der Waals surface area (Å²) in [7, 11) is 0. The van der Waals surface area contributed by atoms with Gasteiger partial charge >= 0.3 is 5.97 Å². The molecule has 0 fully saturated rings. The van der Waals surface area contributed by atoms with Crippen molar-refractivity contribution in [2.45, 2.75) is 103 Å². The van der Waals surface area contributed by atoms with Crippen molar-refractivity contribution in [2.75, 3.05) is 6.61 Å². The lowest BCUT2D eigenvalue weighted by molar-refractivity contribution is 0.0696. The van der Waals surface area contributed by atoms with E-state index in [-0.39, 0.29) is 12.2 Å². The van der Waals surface area contributed by atoms with Gasteiger partial charge in [0.2, 0.25) is 0 Å². The molecule has 0 aliphatic heterocycles. The molecule has 0 spiro atoms. The zero-order chi connectivity index (χ0) is 20.5. The maximum absolute atomic E-state index is 10.8. The van der Waals surface area contributed by atoms with E-state index in [4.69, 9.17) is 9.84 Å². The van der Waals surface area contributed by atoms with Crippen molar-refractivity contribution < 1.29 is 19.7 Å². The Labute approximate surface area is 171 Å². The third-order valence-corrected chi connectivity index (χ3v) is 5.18. The molecule has 0 amide bonds. The fourth-order valence-electron chi connectivity index (χ4n) is 3.37. The van der Waals surface area contributed by atoms with Gasteiger partial charge < -0.3 is 14.9 Å². The lowest BCUT2D eigenvalue weighted by atomic mass is 10.0. The van der Waals surface area contributed by atoms with Crippen LogP contribution in [0, 0.1) is 0 Å². The Morgan fingerprint density at radius 2 is 1.29 bits per heavy atom. The lowest BCUT2D eigenvalue weighted by Gasteiger charge is -2.12. The first-order valence-corrected chi connectivity index (χ1v) is 11.3. The van der Waals surface area contributed by atoms with E-state index in [9.17, 15) is 9.90 Å². The number of aliphatic hydroxyl groups excluding tert-OH is 1. The highest BCUT2D eigenvalue weighted by Crippen LogP contribution is 2.15. The average Bonchev–Trinajstić information content (AvgIpc) is 2.70. The molecule has 0 aromatic heterocycles. The topological polar surface area (TPSA) is 66.8 Å². The highest BCUT2D eigenvalue weighted by atomic mass is 16.5. The fraction of sp³-hybridized carbons (Fsp3) is 0.708. The standard InChI is InChI=1S/C24H40O4/c1-2-3-4-5-6-7-8-9-10-11-12-13-14-15-22(25)20-28-23-18-16-21(17-19-23)24(26)27/h16-19,22,25H,2-15,20H2,1H3,(H,26,27). The number of rotatable bonds is 18. The van der Waals surface area contributed by atoms with E-state index in [2.05, 4.69) is 6.92 Å². The number of aromatic carboxylic acids is 1. The van der Waals surface area contributed by atoms with Gasteiger partial charge in [0.1, 0.15) is 12.4 Å². The van der Waals surface area contributed by atoms with Crippen LogP contribution in [0.2, 0.25) is 0 Å². The molecule has 1 rings (SSSR count). The van der Waals surface area contributed by atoms with Gasteiger partial charge in [-0.15, -0.1) is 0 Å². The van der Waals surface area contributed by atoms with Crippen LogP contribution in [0.4, 0.5) is 0 Å². The number of aliphatic hydroxyl groups is 1. The van der Waals surface area contributed by atoms with Crippen LogP contribution in [0.5, 0.6) is 5.75 Å². The maximum atomic E-state index is 10.8. The summed E-state index contributed by atoms with van der Waals surface area (Å²) in [6, 6.07) is 6.27. The number of hydrogen-bond donors (Lipinski definition) is 2. The minimum absolute atomic E-state index is 0.236. The summed E-state index contributed by atoms with van der Waals surface area (Å²) in [6.45, 7) is 2.52. The van der Waals surface area contributed by atoms with Crippen molar-refractivity contribution in [1.29, 1.82) is 0 Å². The Morgan fingerprint density at radius 3 is 1.75 bits per heavy atom. The summed E-state index contributed by atoms with van der Waals surface area (Å²) in [4.78, 5) is 10.8. The number of unbranched alkanes of at least 4 members (excludes halogenated alkanes) is 12. The van der Waals surface area contributed by atoms with Gasteiger partial charge in [-0.3, -0.25) is 0 Å². The van der Waals surface area contributed by atoms with Gasteiger partial charge in [0.05, 0.1) is 11.7 Å². The van der Waals surface area contributed by atoms with Gasteiger partial charge in [0.25, 0.3) is 0 Å². The Kier molecular flexibility index (Phi) is 14.4. The van der Waals surface area contributed by atoms with Crippen LogP contribution >= 0.6 is 0 Å². The van der Waals surface area contributed by atoms with E-state index in [1.165, 1.54) is 89.2 Å². The quantitative estimate of drug-likeness (QED) is 0.276. The first-order chi connectivity index (χ1) is 13.6. The lowest BCUT2D eigenvalue weighted by Crippen LogP contribution is -2.17. The smallest absolute Gasteiger partial charge is 0.335 e. The number of carbonyl (C=O) groups is 1. The fourth-order valence-corrected chi connectivity index (χ4v) is 3.37. The average molecular weight is 393 g/mol. The van der Waals surface area contributed by atoms with Crippen LogP contribution in [0.15, 0.2) is 24.3 Å². The van der Waals surface area contributed by atoms with E-state index in [1.54, 1.807) is 12.1 Å². The van der Waals surface area contributed by atoms with Gasteiger partial charge in [-0.05, 0) is 30.7 Å². The summed E-state index contributed by atoms with van der Waals surface area (Å²) in [5.74, 6) is -0.358. The molecule has 28 heavy (non-hydrogen) atoms. The molecule has 4 heteroatoms. The zero-order valence-corrected chi connectivity index (χ0v) is 17.7. The number of benzene rings is 1. The molecule has 1 aromatic carbocycles. The Morgan fingerprint density at radius 1 is 0.821 bits per heavy atom. The van der Waals surface area contributed by atoms with Crippen LogP contribution in [0.3, 0.4) is 0 Å². The summed E-state index contributed by atoms with van der Waals surface area (Å²) >= 11 is 0. The first-order valence-electron chi connectivity index (χ1n) is 11.3. The van der Waals surface area contributed by atoms with Gasteiger partial charge in [0.15, 0.2) is 0 Å². The molecular formula is C24H40O4. The Balaban J connectivity index is 1.90. The van der Waals surface area contributed by atoms with Crippen LogP contribution < -0.4 is 4.74 Å². The van der Waals surface area contributed by atoms with Crippen molar-refractivity contribution in [2.24, 2.45) is 0 Å². The second-order valence-corrected chi connectivity index (χ2v) is 7.83. The monoisotopic (exact) mass is 392 g/mol. The van der Waals surface area contributed by atoms with E-state index in [1.807, 2.05) is 0 Å². The number of ether oxygens (including phenoxy) is 1. The van der Waals surface area contributed by atoms with E-state index in [0.29, 0.717) is 5.75 Å². The predicted octanol–water partition coefficient (Wildman–Crippen LogP) is 6.61. The molecule has 2 N–H and O–H groups in total. The third kappa shape index (κ3) is 12.8. The van der Waals surface area contributed by atoms with Crippen molar-refractivity contribution in [3.63, 3.8) is 0 Å². The number of hydrogen-bond acceptors (Lipinski definition) is 3. The molecule has 0 aliphatic rings. The summed E-state index contributed by atoms with van der Waals surface area (Å²) in [5.41, 5.74) is 0.236. The first kappa shape index (κ1) is 24.5. The Bertz CT molecular complexity index is 498. The van der Waals surface area contributed by atoms with Gasteiger partial charge in [-0.25, -0.2) is 4.79 Å². The zero-order valence-electron chi connectivity index (χ0n) is 17.7. The molecule has 1 atom stereocenters. The second-order valence-electron chi connectivity index (χ2n) is 7.83. The Hall–Kier alpha value is -1.55. The highest BCUT2D eigenvalue weighted by Gasteiger charge is 2.06. The van der Waals surface area contributed by atoms with Crippen LogP contribution in [0.25, 0.3) is 0 Å². The maximum Gasteiger partial charge on any atom is 0.335 e. The molecule has 4 nitrogen and oxygen atoms in total. The molecule has 0 heterocycles. The van der Waals surface area contributed by atoms with Crippen molar-refractivity contribution in [3.8, 4) is 5.75 Å². The number of carboxylic acid groups (broad SMARTS) is 1. The van der Waals surface area contributed by atoms with Gasteiger partial charge in [-0.2, -0.15) is 0 Å². The largest absolute Gasteiger partial charge is 0.491 e. The van der Waals surface area contributed by atoms with Crippen LogP contribution in [0.1, 0.15) is 107 Å². The summed E-state index contributed by atoms with van der Waals surface area (Å²) in [5, 5.41) is 18.9. The molecule has 1 unspecified atom stereocenters. The van der Waals surface area contributed by atoms with Gasteiger partial charge in [-0.1, -0.05) is 90.4 Å². The molecule has 0 saturated carbocycles. The van der Waals surface area contributed by atoms with Gasteiger partial charge in [0, 0.05) is 0 Å². The van der Waals surface area contributed by atoms with E-state index < -0.39 is 12.1 Å². The van der Waals surface area contributed by atoms with E-state index in [0.717, 1.165) is 12.8 Å². The molecule has 0 bridgehead atoms. The van der Waals surface area contributed by atoms with Crippen molar-refractivity contribution in [3.05, 3.63) is 29.8 Å². The molecule has 0 radical (unpaired) electrons.